The minimum Gasteiger partial charge on any atom is -0.325 e. The van der Waals surface area contributed by atoms with Gasteiger partial charge in [-0.25, -0.2) is 0 Å². The van der Waals surface area contributed by atoms with Crippen molar-refractivity contribution in [2.75, 3.05) is 0 Å². The van der Waals surface area contributed by atoms with E-state index in [0.29, 0.717) is 0 Å². The van der Waals surface area contributed by atoms with Gasteiger partial charge in [0.25, 0.3) is 0 Å². The molecule has 0 aliphatic rings. The second-order valence-corrected chi connectivity index (χ2v) is 16.3. The molecule has 0 aromatic heterocycles. The predicted octanol–water partition coefficient (Wildman–Crippen LogP) is 17.6. The lowest BCUT2D eigenvalue weighted by Crippen LogP contribution is -2.47. The van der Waals surface area contributed by atoms with E-state index >= 15 is 0 Å². The van der Waals surface area contributed by atoms with Crippen LogP contribution in [0.4, 0.5) is 0 Å². The molecule has 0 saturated carbocycles. The fraction of sp³-hybridized carbons (Fsp3) is 1.00. The van der Waals surface area contributed by atoms with Crippen LogP contribution >= 0.6 is 24.0 Å². The summed E-state index contributed by atoms with van der Waals surface area (Å²) in [5.41, 5.74) is 7.72. The van der Waals surface area contributed by atoms with Gasteiger partial charge in [0.2, 0.25) is 0 Å². The second-order valence-electron chi connectivity index (χ2n) is 16.3. The Labute approximate surface area is 324 Å². The lowest BCUT2D eigenvalue weighted by atomic mass is 9.72. The Balaban J connectivity index is 0. The molecular weight excluding hydrogens is 693 g/mol. The standard InChI is InChI=1S/C46H95N.HI/c1-5-9-13-17-21-25-26-27-28-30-34-38-42-45(41-37-33-29-22-18-14-10-6-2)46(47,43-39-35-31-23-19-15-11-7-3)44-40-36-32-24-20-16-12-8-4;/h45H,5-44,47H2,1-4H3;1H. The van der Waals surface area contributed by atoms with Gasteiger partial charge in [-0.1, -0.05) is 259 Å². The smallest absolute Gasteiger partial charge is 0.0182 e. The molecular formula is C46H96IN. The quantitative estimate of drug-likeness (QED) is 0.0485. The molecule has 0 aromatic rings. The number of halogens is 1. The van der Waals surface area contributed by atoms with Crippen LogP contribution in [0.3, 0.4) is 0 Å². The molecule has 0 saturated heterocycles. The van der Waals surface area contributed by atoms with E-state index in [1.807, 2.05) is 0 Å². The maximum Gasteiger partial charge on any atom is 0.0182 e. The van der Waals surface area contributed by atoms with Crippen LogP contribution in [-0.4, -0.2) is 5.54 Å². The van der Waals surface area contributed by atoms with Crippen molar-refractivity contribution in [1.82, 2.24) is 0 Å². The van der Waals surface area contributed by atoms with Gasteiger partial charge in [0, 0.05) is 5.54 Å². The molecule has 0 rings (SSSR count). The van der Waals surface area contributed by atoms with Gasteiger partial charge in [-0.3, -0.25) is 0 Å². The van der Waals surface area contributed by atoms with Crippen molar-refractivity contribution in [3.63, 3.8) is 0 Å². The zero-order chi connectivity index (χ0) is 34.4. The molecule has 0 amide bonds. The van der Waals surface area contributed by atoms with Gasteiger partial charge in [-0.2, -0.15) is 0 Å². The maximum atomic E-state index is 7.64. The molecule has 1 atom stereocenters. The summed E-state index contributed by atoms with van der Waals surface area (Å²) < 4.78 is 0. The minimum atomic E-state index is 0. The number of nitrogens with two attached hydrogens (primary N) is 1. The Morgan fingerprint density at radius 3 is 0.708 bits per heavy atom. The van der Waals surface area contributed by atoms with Crippen molar-refractivity contribution in [1.29, 1.82) is 0 Å². The average molecular weight is 790 g/mol. The van der Waals surface area contributed by atoms with E-state index in [0.717, 1.165) is 5.92 Å². The largest absolute Gasteiger partial charge is 0.325 e. The molecule has 2 heteroatoms. The van der Waals surface area contributed by atoms with Crippen LogP contribution in [-0.2, 0) is 0 Å². The lowest BCUT2D eigenvalue weighted by Gasteiger charge is -2.39. The van der Waals surface area contributed by atoms with Gasteiger partial charge in [0.05, 0.1) is 0 Å². The number of hydrogen-bond acceptors (Lipinski definition) is 1. The van der Waals surface area contributed by atoms with Crippen molar-refractivity contribution in [3.05, 3.63) is 0 Å². The summed E-state index contributed by atoms with van der Waals surface area (Å²) in [4.78, 5) is 0. The molecule has 0 aliphatic carbocycles. The summed E-state index contributed by atoms with van der Waals surface area (Å²) in [6.45, 7) is 9.31. The first kappa shape index (κ1) is 50.8. The first-order chi connectivity index (χ1) is 23.1. The Morgan fingerprint density at radius 1 is 0.292 bits per heavy atom. The average Bonchev–Trinajstić information content (AvgIpc) is 3.07. The van der Waals surface area contributed by atoms with Crippen molar-refractivity contribution < 1.29 is 0 Å². The summed E-state index contributed by atoms with van der Waals surface area (Å²) in [7, 11) is 0. The van der Waals surface area contributed by atoms with E-state index < -0.39 is 0 Å². The molecule has 48 heavy (non-hydrogen) atoms. The van der Waals surface area contributed by atoms with E-state index in [2.05, 4.69) is 27.7 Å². The first-order valence-electron chi connectivity index (χ1n) is 22.9. The SMILES string of the molecule is CCCCCCCCCCCCCCC(CCCCCCCCCC)C(N)(CCCCCCCCCC)CCCCCCCCCC.I. The normalized spacial score (nSPS) is 12.4. The maximum absolute atomic E-state index is 7.64. The summed E-state index contributed by atoms with van der Waals surface area (Å²) in [6, 6.07) is 0. The minimum absolute atomic E-state index is 0. The van der Waals surface area contributed by atoms with Gasteiger partial charge in [0.1, 0.15) is 0 Å². The van der Waals surface area contributed by atoms with Gasteiger partial charge < -0.3 is 5.73 Å². The predicted molar refractivity (Wildman–Crippen MR) is 233 cm³/mol. The topological polar surface area (TPSA) is 26.0 Å². The Hall–Kier alpha value is 0.690. The molecule has 0 fully saturated rings. The highest BCUT2D eigenvalue weighted by atomic mass is 127. The number of rotatable bonds is 41. The van der Waals surface area contributed by atoms with Crippen molar-refractivity contribution in [2.45, 2.75) is 290 Å². The van der Waals surface area contributed by atoms with Crippen LogP contribution < -0.4 is 5.73 Å². The zero-order valence-corrected chi connectivity index (χ0v) is 36.7. The van der Waals surface area contributed by atoms with Crippen LogP contribution in [0.1, 0.15) is 285 Å². The van der Waals surface area contributed by atoms with Gasteiger partial charge >= 0.3 is 0 Å². The Morgan fingerprint density at radius 2 is 0.479 bits per heavy atom. The van der Waals surface area contributed by atoms with Crippen LogP contribution in [0.5, 0.6) is 0 Å². The molecule has 0 bridgehead atoms. The highest BCUT2D eigenvalue weighted by Crippen LogP contribution is 2.36. The summed E-state index contributed by atoms with van der Waals surface area (Å²) in [5, 5.41) is 0. The van der Waals surface area contributed by atoms with E-state index in [1.165, 1.54) is 257 Å². The molecule has 1 unspecified atom stereocenters. The molecule has 0 spiro atoms. The third kappa shape index (κ3) is 35.1. The van der Waals surface area contributed by atoms with Crippen LogP contribution in [0.15, 0.2) is 0 Å². The highest BCUT2D eigenvalue weighted by molar-refractivity contribution is 14.0. The van der Waals surface area contributed by atoms with Gasteiger partial charge in [-0.05, 0) is 31.6 Å². The van der Waals surface area contributed by atoms with E-state index in [-0.39, 0.29) is 29.5 Å². The van der Waals surface area contributed by atoms with Crippen molar-refractivity contribution in [3.8, 4) is 0 Å². The fourth-order valence-corrected chi connectivity index (χ4v) is 8.18. The Kier molecular flexibility index (Phi) is 44.6. The molecule has 0 radical (unpaired) electrons. The van der Waals surface area contributed by atoms with E-state index in [4.69, 9.17) is 5.73 Å². The van der Waals surface area contributed by atoms with Crippen LogP contribution in [0, 0.1) is 5.92 Å². The summed E-state index contributed by atoms with van der Waals surface area (Å²) >= 11 is 0. The zero-order valence-electron chi connectivity index (χ0n) is 34.3. The summed E-state index contributed by atoms with van der Waals surface area (Å²) in [5.74, 6) is 0.750. The first-order valence-corrected chi connectivity index (χ1v) is 22.9. The highest BCUT2D eigenvalue weighted by Gasteiger charge is 2.33. The van der Waals surface area contributed by atoms with Gasteiger partial charge in [-0.15, -0.1) is 24.0 Å². The van der Waals surface area contributed by atoms with Crippen LogP contribution in [0.2, 0.25) is 0 Å². The number of unbranched alkanes of at least 4 members (excludes halogenated alkanes) is 32. The number of hydrogen-bond donors (Lipinski definition) is 1. The molecule has 2 N–H and O–H groups in total. The monoisotopic (exact) mass is 790 g/mol. The van der Waals surface area contributed by atoms with Crippen molar-refractivity contribution in [2.24, 2.45) is 11.7 Å². The summed E-state index contributed by atoms with van der Waals surface area (Å²) in [6.07, 6.45) is 56.8. The molecule has 292 valence electrons. The lowest BCUT2D eigenvalue weighted by molar-refractivity contribution is 0.189. The van der Waals surface area contributed by atoms with Crippen molar-refractivity contribution >= 4 is 24.0 Å². The third-order valence-electron chi connectivity index (χ3n) is 11.6. The molecule has 1 nitrogen and oxygen atoms in total. The molecule has 0 aromatic carbocycles. The fourth-order valence-electron chi connectivity index (χ4n) is 8.18. The second kappa shape index (κ2) is 42.1. The van der Waals surface area contributed by atoms with Gasteiger partial charge in [0.15, 0.2) is 0 Å². The molecule has 0 heterocycles. The molecule has 0 aliphatic heterocycles. The van der Waals surface area contributed by atoms with E-state index in [9.17, 15) is 0 Å². The Bertz CT molecular complexity index is 542. The third-order valence-corrected chi connectivity index (χ3v) is 11.6. The van der Waals surface area contributed by atoms with Crippen LogP contribution in [0.25, 0.3) is 0 Å². The van der Waals surface area contributed by atoms with E-state index in [1.54, 1.807) is 0 Å².